The fourth-order valence-electron chi connectivity index (χ4n) is 3.57. The molecular weight excluding hydrogens is 424 g/mol. The summed E-state index contributed by atoms with van der Waals surface area (Å²) in [6, 6.07) is 2.03. The van der Waals surface area contributed by atoms with Gasteiger partial charge in [0, 0.05) is 42.3 Å². The average Bonchev–Trinajstić information content (AvgIpc) is 3.35. The van der Waals surface area contributed by atoms with Crippen molar-refractivity contribution in [2.75, 3.05) is 18.1 Å². The van der Waals surface area contributed by atoms with Crippen LogP contribution < -0.4 is 15.4 Å². The van der Waals surface area contributed by atoms with Gasteiger partial charge in [-0.25, -0.2) is 23.1 Å². The van der Waals surface area contributed by atoms with E-state index in [-0.39, 0.29) is 23.7 Å². The third kappa shape index (κ3) is 4.18. The van der Waals surface area contributed by atoms with E-state index in [1.165, 1.54) is 11.3 Å². The van der Waals surface area contributed by atoms with Gasteiger partial charge in [-0.05, 0) is 25.3 Å². The number of rotatable bonds is 8. The second kappa shape index (κ2) is 8.32. The summed E-state index contributed by atoms with van der Waals surface area (Å²) >= 11 is 1.38. The molecule has 0 radical (unpaired) electrons. The van der Waals surface area contributed by atoms with Gasteiger partial charge in [-0.2, -0.15) is 0 Å². The first-order valence-corrected chi connectivity index (χ1v) is 12.3. The molecule has 3 aromatic rings. The number of carbonyl (C=O) groups is 1. The Morgan fingerprint density at radius 2 is 2.13 bits per heavy atom. The highest BCUT2D eigenvalue weighted by molar-refractivity contribution is 7.89. The molecule has 0 spiro atoms. The first-order valence-electron chi connectivity index (χ1n) is 9.80. The summed E-state index contributed by atoms with van der Waals surface area (Å²) in [5, 5.41) is 9.48. The summed E-state index contributed by atoms with van der Waals surface area (Å²) in [4.78, 5) is 23.9. The minimum atomic E-state index is -3.21. The number of nitrogens with zero attached hydrogens (tertiary/aromatic N) is 2. The molecular formula is C19H24N6O3S2. The normalized spacial score (nSPS) is 18.9. The summed E-state index contributed by atoms with van der Waals surface area (Å²) in [6.45, 7) is 1.85. The van der Waals surface area contributed by atoms with Crippen molar-refractivity contribution >= 4 is 44.0 Å². The summed E-state index contributed by atoms with van der Waals surface area (Å²) in [5.74, 6) is -0.0819. The highest BCUT2D eigenvalue weighted by atomic mass is 32.2. The molecule has 160 valence electrons. The molecule has 0 bridgehead atoms. The Morgan fingerprint density at radius 3 is 2.87 bits per heavy atom. The van der Waals surface area contributed by atoms with Gasteiger partial charge < -0.3 is 15.6 Å². The van der Waals surface area contributed by atoms with Crippen molar-refractivity contribution in [2.45, 2.75) is 38.3 Å². The third-order valence-electron chi connectivity index (χ3n) is 5.09. The topological polar surface area (TPSA) is 129 Å². The molecule has 1 aliphatic carbocycles. The molecule has 0 aromatic carbocycles. The van der Waals surface area contributed by atoms with E-state index in [1.54, 1.807) is 18.6 Å². The molecule has 11 heteroatoms. The molecule has 1 fully saturated rings. The molecule has 0 aliphatic heterocycles. The standard InChI is InChI=1S/C19H24N6O3S2/c1-3-6-30(27,28)25-12-7-11(8-12)23-16-13-4-5-21-17(13)22-9-14(16)19-24-15(10-29-19)18(26)20-2/h4-5,9-12,25H,3,6-8H2,1-2H3,(H,20,26)(H2,21,22,23)/t11-,12+. The van der Waals surface area contributed by atoms with Gasteiger partial charge in [0.2, 0.25) is 10.0 Å². The highest BCUT2D eigenvalue weighted by Crippen LogP contribution is 2.37. The third-order valence-corrected chi connectivity index (χ3v) is 7.60. The maximum absolute atomic E-state index is 12.0. The van der Waals surface area contributed by atoms with E-state index in [0.29, 0.717) is 30.0 Å². The lowest BCUT2D eigenvalue weighted by Gasteiger charge is -2.37. The number of H-pyrrole nitrogens is 1. The van der Waals surface area contributed by atoms with E-state index < -0.39 is 10.0 Å². The van der Waals surface area contributed by atoms with Crippen LogP contribution in [0.5, 0.6) is 0 Å². The molecule has 4 N–H and O–H groups in total. The summed E-state index contributed by atoms with van der Waals surface area (Å²) in [6.07, 6.45) is 5.58. The molecule has 1 amide bonds. The number of anilines is 1. The van der Waals surface area contributed by atoms with E-state index in [1.807, 2.05) is 19.2 Å². The fourth-order valence-corrected chi connectivity index (χ4v) is 5.74. The Morgan fingerprint density at radius 1 is 1.33 bits per heavy atom. The van der Waals surface area contributed by atoms with Crippen molar-refractivity contribution in [3.05, 3.63) is 29.5 Å². The summed E-state index contributed by atoms with van der Waals surface area (Å²) < 4.78 is 26.7. The molecule has 1 saturated carbocycles. The van der Waals surface area contributed by atoms with Gasteiger partial charge in [-0.3, -0.25) is 4.79 Å². The molecule has 9 nitrogen and oxygen atoms in total. The van der Waals surface area contributed by atoms with Gasteiger partial charge in [0.05, 0.1) is 17.0 Å². The summed E-state index contributed by atoms with van der Waals surface area (Å²) in [7, 11) is -1.64. The van der Waals surface area contributed by atoms with Crippen molar-refractivity contribution < 1.29 is 13.2 Å². The Kier molecular flexibility index (Phi) is 5.76. The van der Waals surface area contributed by atoms with Gasteiger partial charge >= 0.3 is 0 Å². The maximum Gasteiger partial charge on any atom is 0.270 e. The minimum Gasteiger partial charge on any atom is -0.381 e. The van der Waals surface area contributed by atoms with Gasteiger partial charge in [-0.15, -0.1) is 11.3 Å². The van der Waals surface area contributed by atoms with Crippen LogP contribution in [0.15, 0.2) is 23.8 Å². The van der Waals surface area contributed by atoms with Crippen LogP contribution in [0.3, 0.4) is 0 Å². The lowest BCUT2D eigenvalue weighted by atomic mass is 9.87. The average molecular weight is 449 g/mol. The number of pyridine rings is 1. The number of hydrogen-bond donors (Lipinski definition) is 4. The number of carbonyl (C=O) groups excluding carboxylic acids is 1. The number of aromatic amines is 1. The van der Waals surface area contributed by atoms with Crippen LogP contribution in [-0.2, 0) is 10.0 Å². The highest BCUT2D eigenvalue weighted by Gasteiger charge is 2.33. The zero-order valence-corrected chi connectivity index (χ0v) is 18.4. The lowest BCUT2D eigenvalue weighted by Crippen LogP contribution is -2.50. The van der Waals surface area contributed by atoms with Crippen molar-refractivity contribution in [3.8, 4) is 10.6 Å². The Hall–Kier alpha value is -2.50. The van der Waals surface area contributed by atoms with Crippen LogP contribution in [0.4, 0.5) is 5.69 Å². The van der Waals surface area contributed by atoms with E-state index in [0.717, 1.165) is 22.3 Å². The van der Waals surface area contributed by atoms with Crippen molar-refractivity contribution in [1.82, 2.24) is 25.0 Å². The lowest BCUT2D eigenvalue weighted by molar-refractivity contribution is 0.0959. The molecule has 0 atom stereocenters. The fraction of sp³-hybridized carbons (Fsp3) is 0.421. The number of sulfonamides is 1. The predicted octanol–water partition coefficient (Wildman–Crippen LogP) is 2.32. The van der Waals surface area contributed by atoms with Gasteiger partial charge in [0.15, 0.2) is 0 Å². The molecule has 1 aliphatic rings. The van der Waals surface area contributed by atoms with Gasteiger partial charge in [-0.1, -0.05) is 6.92 Å². The second-order valence-corrected chi connectivity index (χ2v) is 10.1. The maximum atomic E-state index is 12.0. The molecule has 4 rings (SSSR count). The van der Waals surface area contributed by atoms with Crippen molar-refractivity contribution in [1.29, 1.82) is 0 Å². The quantitative estimate of drug-likeness (QED) is 0.419. The Bertz CT molecular complexity index is 1160. The zero-order valence-electron chi connectivity index (χ0n) is 16.7. The number of amides is 1. The van der Waals surface area contributed by atoms with E-state index in [2.05, 4.69) is 30.3 Å². The van der Waals surface area contributed by atoms with Crippen LogP contribution >= 0.6 is 11.3 Å². The molecule has 30 heavy (non-hydrogen) atoms. The first kappa shape index (κ1) is 20.8. The van der Waals surface area contributed by atoms with E-state index in [9.17, 15) is 13.2 Å². The number of hydrogen-bond acceptors (Lipinski definition) is 7. The van der Waals surface area contributed by atoms with Crippen molar-refractivity contribution in [3.63, 3.8) is 0 Å². The SMILES string of the molecule is CCCS(=O)(=O)N[C@H]1C[C@@H](Nc2c(-c3nc(C(=O)NC)cs3)cnc3[nH]ccc23)C1. The van der Waals surface area contributed by atoms with Crippen LogP contribution in [0, 0.1) is 0 Å². The molecule has 0 saturated heterocycles. The monoisotopic (exact) mass is 448 g/mol. The predicted molar refractivity (Wildman–Crippen MR) is 118 cm³/mol. The molecule has 3 heterocycles. The largest absolute Gasteiger partial charge is 0.381 e. The number of aromatic nitrogens is 3. The number of fused-ring (bicyclic) bond motifs is 1. The van der Waals surface area contributed by atoms with Crippen LogP contribution in [0.1, 0.15) is 36.7 Å². The number of nitrogens with one attached hydrogen (secondary N) is 4. The van der Waals surface area contributed by atoms with Gasteiger partial charge in [0.25, 0.3) is 5.91 Å². The smallest absolute Gasteiger partial charge is 0.270 e. The molecule has 3 aromatic heterocycles. The van der Waals surface area contributed by atoms with Crippen LogP contribution in [0.25, 0.3) is 21.6 Å². The zero-order chi connectivity index (χ0) is 21.3. The second-order valence-electron chi connectivity index (χ2n) is 7.35. The van der Waals surface area contributed by atoms with Crippen molar-refractivity contribution in [2.24, 2.45) is 0 Å². The Balaban J connectivity index is 1.55. The first-order chi connectivity index (χ1) is 14.4. The van der Waals surface area contributed by atoms with Crippen LogP contribution in [0.2, 0.25) is 0 Å². The molecule has 0 unspecified atom stereocenters. The van der Waals surface area contributed by atoms with E-state index >= 15 is 0 Å². The van der Waals surface area contributed by atoms with E-state index in [4.69, 9.17) is 0 Å². The Labute approximate surface area is 178 Å². The van der Waals surface area contributed by atoms with Gasteiger partial charge in [0.1, 0.15) is 16.3 Å². The van der Waals surface area contributed by atoms with Crippen LogP contribution in [-0.4, -0.2) is 54.2 Å². The number of thiazole rings is 1. The minimum absolute atomic E-state index is 0.0502. The summed E-state index contributed by atoms with van der Waals surface area (Å²) in [5.41, 5.74) is 2.83.